The van der Waals surface area contributed by atoms with Crippen molar-refractivity contribution >= 4 is 27.6 Å². The molecule has 2 aliphatic rings. The monoisotopic (exact) mass is 456 g/mol. The van der Waals surface area contributed by atoms with E-state index < -0.39 is 6.03 Å². The molecule has 1 aromatic heterocycles. The maximum atomic E-state index is 13.8. The number of hydrogen-bond acceptors (Lipinski definition) is 6. The van der Waals surface area contributed by atoms with Crippen LogP contribution >= 0.6 is 11.3 Å². The number of hydrogen-bond donors (Lipinski definition) is 2. The number of halogens is 1. The Balaban J connectivity index is 1.12. The average Bonchev–Trinajstić information content (AvgIpc) is 3.27. The van der Waals surface area contributed by atoms with Crippen LogP contribution in [0.1, 0.15) is 25.7 Å². The van der Waals surface area contributed by atoms with Gasteiger partial charge in [0, 0.05) is 24.7 Å². The Morgan fingerprint density at radius 3 is 2.56 bits per heavy atom. The van der Waals surface area contributed by atoms with Gasteiger partial charge in [-0.05, 0) is 62.1 Å². The third kappa shape index (κ3) is 4.49. The van der Waals surface area contributed by atoms with Crippen LogP contribution in [-0.2, 0) is 0 Å². The number of fused-ring (bicyclic) bond motifs is 3. The first-order valence-electron chi connectivity index (χ1n) is 10.8. The smallest absolute Gasteiger partial charge is 0.312 e. The number of nitrogens with one attached hydrogen (secondary N) is 1. The van der Waals surface area contributed by atoms with Gasteiger partial charge in [0.1, 0.15) is 29.4 Å². The number of piperidine rings is 1. The number of primary amides is 1. The predicted octanol–water partition coefficient (Wildman–Crippen LogP) is 4.27. The molecular weight excluding hydrogens is 431 g/mol. The molecule has 2 bridgehead atoms. The second-order valence-corrected chi connectivity index (χ2v) is 9.28. The summed E-state index contributed by atoms with van der Waals surface area (Å²) in [5, 5.41) is 3.27. The first kappa shape index (κ1) is 21.0. The van der Waals surface area contributed by atoms with Crippen molar-refractivity contribution in [3.05, 3.63) is 48.3 Å². The van der Waals surface area contributed by atoms with E-state index >= 15 is 0 Å². The number of nitrogens with zero attached hydrogens (tertiary/aromatic N) is 2. The SMILES string of the molecule is NC(=O)N[C@H]1C[C@H]2CC[C@@H](C1)N2CCOc1ccc(Oc2nc3c(F)cccc3s2)cc1. The zero-order chi connectivity index (χ0) is 22.1. The van der Waals surface area contributed by atoms with Crippen LogP contribution in [-0.4, -0.2) is 47.2 Å². The zero-order valence-corrected chi connectivity index (χ0v) is 18.3. The van der Waals surface area contributed by atoms with E-state index in [9.17, 15) is 9.18 Å². The van der Waals surface area contributed by atoms with Crippen LogP contribution < -0.4 is 20.5 Å². The molecule has 9 heteroatoms. The van der Waals surface area contributed by atoms with Crippen LogP contribution in [0.3, 0.4) is 0 Å². The van der Waals surface area contributed by atoms with E-state index in [-0.39, 0.29) is 11.9 Å². The van der Waals surface area contributed by atoms with E-state index in [1.807, 2.05) is 30.3 Å². The molecule has 32 heavy (non-hydrogen) atoms. The number of carbonyl (C=O) groups is 1. The topological polar surface area (TPSA) is 89.7 Å². The number of ether oxygens (including phenoxy) is 2. The summed E-state index contributed by atoms with van der Waals surface area (Å²) in [5.41, 5.74) is 5.61. The minimum atomic E-state index is -0.436. The Hall–Kier alpha value is -2.91. The van der Waals surface area contributed by atoms with Crippen molar-refractivity contribution < 1.29 is 18.7 Å². The van der Waals surface area contributed by atoms with Gasteiger partial charge in [-0.1, -0.05) is 17.4 Å². The van der Waals surface area contributed by atoms with Crippen LogP contribution in [0.2, 0.25) is 0 Å². The summed E-state index contributed by atoms with van der Waals surface area (Å²) in [6.45, 7) is 1.45. The van der Waals surface area contributed by atoms with E-state index in [1.54, 1.807) is 6.07 Å². The zero-order valence-electron chi connectivity index (χ0n) is 17.5. The minimum absolute atomic E-state index is 0.182. The largest absolute Gasteiger partial charge is 0.492 e. The van der Waals surface area contributed by atoms with Crippen LogP contribution in [0.15, 0.2) is 42.5 Å². The molecule has 2 amide bonds. The maximum Gasteiger partial charge on any atom is 0.312 e. The standard InChI is InChI=1S/C23H25FN4O3S/c24-19-2-1-3-20-21(19)27-23(32-20)31-18-8-6-17(7-9-18)30-11-10-28-15-4-5-16(28)13-14(12-15)26-22(25)29/h1-3,6-9,14-16H,4-5,10-13H2,(H3,25,26,29)/t14-,15+,16-. The van der Waals surface area contributed by atoms with Gasteiger partial charge in [-0.25, -0.2) is 9.18 Å². The van der Waals surface area contributed by atoms with Crippen molar-refractivity contribution in [2.75, 3.05) is 13.2 Å². The number of thiazole rings is 1. The van der Waals surface area contributed by atoms with Crippen molar-refractivity contribution in [2.45, 2.75) is 43.8 Å². The Bertz CT molecular complexity index is 1090. The van der Waals surface area contributed by atoms with Gasteiger partial charge >= 0.3 is 6.03 Å². The highest BCUT2D eigenvalue weighted by molar-refractivity contribution is 7.20. The summed E-state index contributed by atoms with van der Waals surface area (Å²) in [6.07, 6.45) is 4.20. The summed E-state index contributed by atoms with van der Waals surface area (Å²) in [7, 11) is 0. The van der Waals surface area contributed by atoms with E-state index in [4.69, 9.17) is 15.2 Å². The van der Waals surface area contributed by atoms with Gasteiger partial charge in [-0.15, -0.1) is 0 Å². The molecule has 2 aromatic carbocycles. The third-order valence-electron chi connectivity index (χ3n) is 6.23. The molecule has 5 rings (SSSR count). The fourth-order valence-corrected chi connectivity index (χ4v) is 5.72. The Kier molecular flexibility index (Phi) is 5.84. The lowest BCUT2D eigenvalue weighted by atomic mass is 9.97. The van der Waals surface area contributed by atoms with Gasteiger partial charge in [0.05, 0.1) is 4.70 Å². The van der Waals surface area contributed by atoms with Crippen molar-refractivity contribution in [1.82, 2.24) is 15.2 Å². The average molecular weight is 457 g/mol. The van der Waals surface area contributed by atoms with Crippen molar-refractivity contribution in [3.63, 3.8) is 0 Å². The number of para-hydroxylation sites is 1. The molecule has 0 saturated carbocycles. The molecular formula is C23H25FN4O3S. The third-order valence-corrected chi connectivity index (χ3v) is 7.13. The minimum Gasteiger partial charge on any atom is -0.492 e. The molecule has 0 spiro atoms. The number of carbonyl (C=O) groups excluding carboxylic acids is 1. The highest BCUT2D eigenvalue weighted by Crippen LogP contribution is 2.36. The second-order valence-electron chi connectivity index (χ2n) is 8.29. The maximum absolute atomic E-state index is 13.8. The Morgan fingerprint density at radius 1 is 1.16 bits per heavy atom. The Morgan fingerprint density at radius 2 is 1.88 bits per heavy atom. The number of urea groups is 1. The normalized spacial score (nSPS) is 22.7. The lowest BCUT2D eigenvalue weighted by Gasteiger charge is -2.38. The molecule has 2 fully saturated rings. The predicted molar refractivity (Wildman–Crippen MR) is 121 cm³/mol. The molecule has 3 N–H and O–H groups in total. The van der Waals surface area contributed by atoms with Gasteiger partial charge in [0.25, 0.3) is 5.19 Å². The van der Waals surface area contributed by atoms with Gasteiger partial charge < -0.3 is 20.5 Å². The first-order chi connectivity index (χ1) is 15.5. The highest BCUT2D eigenvalue weighted by Gasteiger charge is 2.40. The van der Waals surface area contributed by atoms with E-state index in [0.717, 1.165) is 42.7 Å². The molecule has 3 heterocycles. The van der Waals surface area contributed by atoms with Crippen molar-refractivity contribution in [3.8, 4) is 16.7 Å². The molecule has 0 unspecified atom stereocenters. The van der Waals surface area contributed by atoms with Crippen LogP contribution in [0, 0.1) is 5.82 Å². The van der Waals surface area contributed by atoms with Gasteiger partial charge in [0.2, 0.25) is 0 Å². The van der Waals surface area contributed by atoms with Gasteiger partial charge in [0.15, 0.2) is 0 Å². The summed E-state index contributed by atoms with van der Waals surface area (Å²) in [6, 6.07) is 12.9. The lowest BCUT2D eigenvalue weighted by molar-refractivity contribution is 0.1000. The molecule has 3 atom stereocenters. The van der Waals surface area contributed by atoms with Crippen molar-refractivity contribution in [1.29, 1.82) is 0 Å². The molecule has 2 aliphatic heterocycles. The van der Waals surface area contributed by atoms with Gasteiger partial charge in [-0.3, -0.25) is 4.90 Å². The van der Waals surface area contributed by atoms with Gasteiger partial charge in [-0.2, -0.15) is 4.98 Å². The van der Waals surface area contributed by atoms with E-state index in [0.29, 0.717) is 35.2 Å². The Labute approximate surface area is 189 Å². The van der Waals surface area contributed by atoms with Crippen LogP contribution in [0.25, 0.3) is 10.2 Å². The van der Waals surface area contributed by atoms with E-state index in [1.165, 1.54) is 17.4 Å². The fraction of sp³-hybridized carbons (Fsp3) is 0.391. The molecule has 168 valence electrons. The highest BCUT2D eigenvalue weighted by atomic mass is 32.1. The fourth-order valence-electron chi connectivity index (χ4n) is 4.87. The molecule has 0 radical (unpaired) electrons. The molecule has 0 aliphatic carbocycles. The summed E-state index contributed by atoms with van der Waals surface area (Å²) < 4.78 is 26.3. The van der Waals surface area contributed by atoms with E-state index in [2.05, 4.69) is 15.2 Å². The van der Waals surface area contributed by atoms with Crippen molar-refractivity contribution in [2.24, 2.45) is 5.73 Å². The number of rotatable bonds is 7. The number of amides is 2. The quantitative estimate of drug-likeness (QED) is 0.554. The number of benzene rings is 2. The summed E-state index contributed by atoms with van der Waals surface area (Å²) in [5.74, 6) is 1.04. The second kappa shape index (κ2) is 8.91. The van der Waals surface area contributed by atoms with Crippen LogP contribution in [0.4, 0.5) is 9.18 Å². The molecule has 3 aromatic rings. The number of nitrogens with two attached hydrogens (primary N) is 1. The lowest BCUT2D eigenvalue weighted by Crippen LogP contribution is -2.52. The molecule has 7 nitrogen and oxygen atoms in total. The first-order valence-corrected chi connectivity index (χ1v) is 11.6. The summed E-state index contributed by atoms with van der Waals surface area (Å²) in [4.78, 5) is 17.9. The molecule has 2 saturated heterocycles. The van der Waals surface area contributed by atoms with Crippen LogP contribution in [0.5, 0.6) is 16.7 Å². The number of aromatic nitrogens is 1. The summed E-state index contributed by atoms with van der Waals surface area (Å²) >= 11 is 1.31.